The fourth-order valence-electron chi connectivity index (χ4n) is 2.80. The van der Waals surface area contributed by atoms with Crippen molar-refractivity contribution in [1.82, 2.24) is 0 Å². The van der Waals surface area contributed by atoms with Gasteiger partial charge in [-0.2, -0.15) is 0 Å². The first-order valence-corrected chi connectivity index (χ1v) is 8.26. The number of phenolic OH excluding ortho intramolecular Hbond substituents is 1. The van der Waals surface area contributed by atoms with Gasteiger partial charge in [-0.05, 0) is 42.7 Å². The summed E-state index contributed by atoms with van der Waals surface area (Å²) in [5, 5.41) is 10.5. The average molecular weight is 332 g/mol. The zero-order chi connectivity index (χ0) is 17.8. The van der Waals surface area contributed by atoms with Gasteiger partial charge in [0.25, 0.3) is 0 Å². The largest absolute Gasteiger partial charge is 0.507 e. The van der Waals surface area contributed by atoms with Crippen molar-refractivity contribution >= 4 is 5.97 Å². The van der Waals surface area contributed by atoms with Gasteiger partial charge in [-0.3, -0.25) is 0 Å². The van der Waals surface area contributed by atoms with Crippen LogP contribution in [-0.2, 0) is 4.74 Å². The van der Waals surface area contributed by atoms with E-state index in [-0.39, 0.29) is 17.9 Å². The number of aromatic hydroxyl groups is 1. The molecule has 3 heteroatoms. The summed E-state index contributed by atoms with van der Waals surface area (Å²) in [7, 11) is 0. The van der Waals surface area contributed by atoms with E-state index >= 15 is 0 Å². The Labute approximate surface area is 147 Å². The number of benzene rings is 3. The second-order valence-electron chi connectivity index (χ2n) is 5.87. The molecule has 0 atom stereocenters. The summed E-state index contributed by atoms with van der Waals surface area (Å²) < 4.78 is 5.14. The van der Waals surface area contributed by atoms with Crippen molar-refractivity contribution in [3.63, 3.8) is 0 Å². The smallest absolute Gasteiger partial charge is 0.342 e. The molecule has 0 amide bonds. The lowest BCUT2D eigenvalue weighted by atomic mass is 9.93. The van der Waals surface area contributed by atoms with E-state index in [1.54, 1.807) is 13.0 Å². The SMILES string of the molecule is CCOC(=O)c1c(O)cc(-c2ccccc2)cc1-c1ccc(C)cc1. The summed E-state index contributed by atoms with van der Waals surface area (Å²) in [6.45, 7) is 4.01. The zero-order valence-corrected chi connectivity index (χ0v) is 14.3. The van der Waals surface area contributed by atoms with Crippen LogP contribution in [0.3, 0.4) is 0 Å². The third kappa shape index (κ3) is 3.56. The van der Waals surface area contributed by atoms with Crippen LogP contribution in [0.15, 0.2) is 66.7 Å². The normalized spacial score (nSPS) is 10.5. The molecule has 3 aromatic rings. The van der Waals surface area contributed by atoms with Crippen LogP contribution in [0.1, 0.15) is 22.8 Å². The van der Waals surface area contributed by atoms with Crippen molar-refractivity contribution in [2.24, 2.45) is 0 Å². The van der Waals surface area contributed by atoms with Crippen molar-refractivity contribution in [2.45, 2.75) is 13.8 Å². The van der Waals surface area contributed by atoms with Crippen LogP contribution in [0.5, 0.6) is 5.75 Å². The van der Waals surface area contributed by atoms with Crippen LogP contribution in [0, 0.1) is 6.92 Å². The molecule has 0 heterocycles. The van der Waals surface area contributed by atoms with E-state index in [0.29, 0.717) is 5.56 Å². The Bertz CT molecular complexity index is 881. The number of hydrogen-bond acceptors (Lipinski definition) is 3. The van der Waals surface area contributed by atoms with Crippen LogP contribution < -0.4 is 0 Å². The molecule has 0 spiro atoms. The predicted octanol–water partition coefficient (Wildman–Crippen LogP) is 5.21. The first kappa shape index (κ1) is 16.8. The Hall–Kier alpha value is -3.07. The molecule has 3 rings (SSSR count). The van der Waals surface area contributed by atoms with Gasteiger partial charge in [0.2, 0.25) is 0 Å². The molecule has 0 fully saturated rings. The summed E-state index contributed by atoms with van der Waals surface area (Å²) in [6.07, 6.45) is 0. The Morgan fingerprint density at radius 3 is 2.24 bits per heavy atom. The molecule has 0 radical (unpaired) electrons. The topological polar surface area (TPSA) is 46.5 Å². The van der Waals surface area contributed by atoms with E-state index in [1.807, 2.05) is 67.6 Å². The molecule has 25 heavy (non-hydrogen) atoms. The molecular weight excluding hydrogens is 312 g/mol. The second-order valence-corrected chi connectivity index (χ2v) is 5.87. The van der Waals surface area contributed by atoms with Gasteiger partial charge in [-0.1, -0.05) is 60.2 Å². The minimum Gasteiger partial charge on any atom is -0.507 e. The van der Waals surface area contributed by atoms with E-state index in [9.17, 15) is 9.90 Å². The highest BCUT2D eigenvalue weighted by molar-refractivity contribution is 6.01. The molecule has 0 aromatic heterocycles. The van der Waals surface area contributed by atoms with Crippen molar-refractivity contribution in [3.8, 4) is 28.0 Å². The van der Waals surface area contributed by atoms with Gasteiger partial charge < -0.3 is 9.84 Å². The number of carbonyl (C=O) groups is 1. The fourth-order valence-corrected chi connectivity index (χ4v) is 2.80. The Balaban J connectivity index is 2.21. The quantitative estimate of drug-likeness (QED) is 0.667. The molecule has 3 nitrogen and oxygen atoms in total. The first-order chi connectivity index (χ1) is 12.1. The molecule has 126 valence electrons. The van der Waals surface area contributed by atoms with Crippen LogP contribution >= 0.6 is 0 Å². The van der Waals surface area contributed by atoms with E-state index in [4.69, 9.17) is 4.74 Å². The molecule has 0 saturated carbocycles. The van der Waals surface area contributed by atoms with Gasteiger partial charge in [-0.25, -0.2) is 4.79 Å². The third-order valence-corrected chi connectivity index (χ3v) is 4.07. The minimum atomic E-state index is -0.518. The van der Waals surface area contributed by atoms with Gasteiger partial charge in [0.05, 0.1) is 6.61 Å². The average Bonchev–Trinajstić information content (AvgIpc) is 2.62. The molecule has 0 aliphatic rings. The monoisotopic (exact) mass is 332 g/mol. The lowest BCUT2D eigenvalue weighted by Crippen LogP contribution is -2.07. The lowest BCUT2D eigenvalue weighted by Gasteiger charge is -2.14. The van der Waals surface area contributed by atoms with E-state index < -0.39 is 5.97 Å². The lowest BCUT2D eigenvalue weighted by molar-refractivity contribution is 0.0524. The van der Waals surface area contributed by atoms with Gasteiger partial charge in [0.15, 0.2) is 0 Å². The van der Waals surface area contributed by atoms with E-state index in [1.165, 1.54) is 0 Å². The number of aryl methyl sites for hydroxylation is 1. The fraction of sp³-hybridized carbons (Fsp3) is 0.136. The molecule has 0 aliphatic heterocycles. The highest BCUT2D eigenvalue weighted by Gasteiger charge is 2.20. The number of ether oxygens (including phenoxy) is 1. The van der Waals surface area contributed by atoms with Crippen LogP contribution in [-0.4, -0.2) is 17.7 Å². The zero-order valence-electron chi connectivity index (χ0n) is 14.3. The maximum atomic E-state index is 12.4. The Morgan fingerprint density at radius 2 is 1.60 bits per heavy atom. The molecule has 3 aromatic carbocycles. The molecule has 0 unspecified atom stereocenters. The maximum Gasteiger partial charge on any atom is 0.342 e. The predicted molar refractivity (Wildman–Crippen MR) is 99.7 cm³/mol. The standard InChI is InChI=1S/C22H20O3/c1-3-25-22(24)21-19(17-11-9-15(2)10-12-17)13-18(14-20(21)23)16-7-5-4-6-8-16/h4-14,23H,3H2,1-2H3. The number of hydrogen-bond donors (Lipinski definition) is 1. The molecule has 1 N–H and O–H groups in total. The van der Waals surface area contributed by atoms with Crippen LogP contribution in [0.25, 0.3) is 22.3 Å². The summed E-state index contributed by atoms with van der Waals surface area (Å²) in [6, 6.07) is 21.2. The number of carbonyl (C=O) groups excluding carboxylic acids is 1. The number of rotatable bonds is 4. The van der Waals surface area contributed by atoms with Crippen molar-refractivity contribution in [2.75, 3.05) is 6.61 Å². The van der Waals surface area contributed by atoms with Gasteiger partial charge in [0, 0.05) is 5.56 Å². The van der Waals surface area contributed by atoms with Crippen molar-refractivity contribution in [1.29, 1.82) is 0 Å². The number of esters is 1. The van der Waals surface area contributed by atoms with E-state index in [0.717, 1.165) is 22.3 Å². The number of phenols is 1. The van der Waals surface area contributed by atoms with Gasteiger partial charge >= 0.3 is 5.97 Å². The Morgan fingerprint density at radius 1 is 0.920 bits per heavy atom. The third-order valence-electron chi connectivity index (χ3n) is 4.07. The Kier molecular flexibility index (Phi) is 4.85. The summed E-state index contributed by atoms with van der Waals surface area (Å²) in [5.41, 5.74) is 4.68. The maximum absolute atomic E-state index is 12.4. The van der Waals surface area contributed by atoms with Crippen LogP contribution in [0.2, 0.25) is 0 Å². The van der Waals surface area contributed by atoms with Gasteiger partial charge in [0.1, 0.15) is 11.3 Å². The van der Waals surface area contributed by atoms with Crippen LogP contribution in [0.4, 0.5) is 0 Å². The summed E-state index contributed by atoms with van der Waals surface area (Å²) in [5.74, 6) is -0.592. The molecular formula is C22H20O3. The van der Waals surface area contributed by atoms with E-state index in [2.05, 4.69) is 0 Å². The first-order valence-electron chi connectivity index (χ1n) is 8.26. The molecule has 0 bridgehead atoms. The summed E-state index contributed by atoms with van der Waals surface area (Å²) in [4.78, 5) is 12.4. The van der Waals surface area contributed by atoms with Crippen molar-refractivity contribution in [3.05, 3.63) is 77.9 Å². The minimum absolute atomic E-state index is 0.0737. The highest BCUT2D eigenvalue weighted by atomic mass is 16.5. The summed E-state index contributed by atoms with van der Waals surface area (Å²) >= 11 is 0. The molecule has 0 saturated heterocycles. The second kappa shape index (κ2) is 7.22. The highest BCUT2D eigenvalue weighted by Crippen LogP contribution is 2.36. The van der Waals surface area contributed by atoms with Crippen molar-refractivity contribution < 1.29 is 14.6 Å². The molecule has 0 aliphatic carbocycles. The van der Waals surface area contributed by atoms with Gasteiger partial charge in [-0.15, -0.1) is 0 Å².